The first-order valence-corrected chi connectivity index (χ1v) is 10.2. The fraction of sp³-hybridized carbons (Fsp3) is 0.368. The molecule has 7 heteroatoms. The summed E-state index contributed by atoms with van der Waals surface area (Å²) in [4.78, 5) is 16.7. The van der Waals surface area contributed by atoms with Crippen LogP contribution in [0.1, 0.15) is 18.4 Å². The van der Waals surface area contributed by atoms with Gasteiger partial charge in [-0.05, 0) is 48.1 Å². The van der Waals surface area contributed by atoms with E-state index in [1.165, 1.54) is 4.31 Å². The number of nitrogens with one attached hydrogen (secondary N) is 1. The zero-order chi connectivity index (χ0) is 18.2. The molecule has 1 amide bonds. The summed E-state index contributed by atoms with van der Waals surface area (Å²) in [6.45, 7) is 1.38. The van der Waals surface area contributed by atoms with Crippen molar-refractivity contribution >= 4 is 15.9 Å². The lowest BCUT2D eigenvalue weighted by atomic mass is 10.0. The molecule has 1 aromatic heterocycles. The lowest BCUT2D eigenvalue weighted by Crippen LogP contribution is -2.31. The van der Waals surface area contributed by atoms with Gasteiger partial charge in [0.2, 0.25) is 15.9 Å². The Hall–Kier alpha value is -2.25. The number of hydrogen-bond acceptors (Lipinski definition) is 4. The third-order valence-corrected chi connectivity index (χ3v) is 7.31. The van der Waals surface area contributed by atoms with Crippen molar-refractivity contribution in [2.75, 3.05) is 13.1 Å². The van der Waals surface area contributed by atoms with Crippen LogP contribution >= 0.6 is 0 Å². The first-order valence-electron chi connectivity index (χ1n) is 8.73. The molecule has 0 unspecified atom stereocenters. The van der Waals surface area contributed by atoms with Crippen LogP contribution in [0.2, 0.25) is 0 Å². The molecule has 2 heterocycles. The smallest absolute Gasteiger partial charge is 0.243 e. The van der Waals surface area contributed by atoms with Gasteiger partial charge in [-0.2, -0.15) is 4.31 Å². The largest absolute Gasteiger partial charge is 0.352 e. The third-order valence-electron chi connectivity index (χ3n) is 5.45. The highest BCUT2D eigenvalue weighted by Gasteiger charge is 2.62. The van der Waals surface area contributed by atoms with Crippen molar-refractivity contribution in [1.82, 2.24) is 14.6 Å². The van der Waals surface area contributed by atoms with E-state index < -0.39 is 10.0 Å². The van der Waals surface area contributed by atoms with E-state index in [1.54, 1.807) is 42.7 Å². The van der Waals surface area contributed by atoms with E-state index in [0.717, 1.165) is 18.4 Å². The molecular formula is C19H21N3O3S. The number of sulfonamides is 1. The Kier molecular flexibility index (Phi) is 4.28. The standard InChI is InChI=1S/C19H21N3O3S/c23-18(21-13-15-6-9-20-10-7-15)17-12-19(17)8-11-22(14-19)26(24,25)16-4-2-1-3-5-16/h1-7,9-10,17H,8,11-14H2,(H,21,23)/t17-,19-/m1/s1. The van der Waals surface area contributed by atoms with Crippen molar-refractivity contribution in [2.24, 2.45) is 11.3 Å². The second-order valence-electron chi connectivity index (χ2n) is 7.09. The van der Waals surface area contributed by atoms with Crippen LogP contribution in [0.3, 0.4) is 0 Å². The minimum atomic E-state index is -3.48. The summed E-state index contributed by atoms with van der Waals surface area (Å²) in [6, 6.07) is 12.2. The molecule has 1 N–H and O–H groups in total. The van der Waals surface area contributed by atoms with Gasteiger partial charge in [-0.25, -0.2) is 8.42 Å². The highest BCUT2D eigenvalue weighted by molar-refractivity contribution is 7.89. The highest BCUT2D eigenvalue weighted by atomic mass is 32.2. The molecule has 2 fully saturated rings. The molecule has 2 aliphatic rings. The molecular weight excluding hydrogens is 350 g/mol. The van der Waals surface area contributed by atoms with Crippen LogP contribution in [-0.4, -0.2) is 36.7 Å². The van der Waals surface area contributed by atoms with Gasteiger partial charge in [0, 0.05) is 37.9 Å². The van der Waals surface area contributed by atoms with Gasteiger partial charge in [0.15, 0.2) is 0 Å². The molecule has 1 saturated heterocycles. The van der Waals surface area contributed by atoms with Crippen LogP contribution in [-0.2, 0) is 21.4 Å². The Morgan fingerprint density at radius 1 is 1.19 bits per heavy atom. The van der Waals surface area contributed by atoms with Crippen LogP contribution < -0.4 is 5.32 Å². The van der Waals surface area contributed by atoms with E-state index in [1.807, 2.05) is 12.1 Å². The first kappa shape index (κ1) is 17.2. The molecule has 1 saturated carbocycles. The van der Waals surface area contributed by atoms with E-state index in [4.69, 9.17) is 0 Å². The number of carbonyl (C=O) groups excluding carboxylic acids is 1. The molecule has 1 aliphatic heterocycles. The van der Waals surface area contributed by atoms with Gasteiger partial charge in [0.05, 0.1) is 4.90 Å². The van der Waals surface area contributed by atoms with E-state index in [-0.39, 0.29) is 17.2 Å². The summed E-state index contributed by atoms with van der Waals surface area (Å²) in [5, 5.41) is 2.96. The Labute approximate surface area is 153 Å². The fourth-order valence-corrected chi connectivity index (χ4v) is 5.34. The summed E-state index contributed by atoms with van der Waals surface area (Å²) in [7, 11) is -3.48. The Morgan fingerprint density at radius 2 is 1.92 bits per heavy atom. The molecule has 4 rings (SSSR count). The Morgan fingerprint density at radius 3 is 2.65 bits per heavy atom. The third kappa shape index (κ3) is 3.12. The molecule has 1 aliphatic carbocycles. The van der Waals surface area contributed by atoms with E-state index in [2.05, 4.69) is 10.3 Å². The topological polar surface area (TPSA) is 79.4 Å². The second-order valence-corrected chi connectivity index (χ2v) is 9.03. The number of amides is 1. The number of aromatic nitrogens is 1. The SMILES string of the molecule is O=C(NCc1ccncc1)[C@H]1C[C@@]12CCN(S(=O)(=O)c1ccccc1)C2. The molecule has 1 aromatic carbocycles. The van der Waals surface area contributed by atoms with Gasteiger partial charge in [-0.3, -0.25) is 9.78 Å². The number of hydrogen-bond donors (Lipinski definition) is 1. The summed E-state index contributed by atoms with van der Waals surface area (Å²) in [5.74, 6) is -0.0823. The number of carbonyl (C=O) groups is 1. The molecule has 26 heavy (non-hydrogen) atoms. The fourth-order valence-electron chi connectivity index (χ4n) is 3.79. The van der Waals surface area contributed by atoms with E-state index in [9.17, 15) is 13.2 Å². The van der Waals surface area contributed by atoms with Crippen molar-refractivity contribution in [3.63, 3.8) is 0 Å². The van der Waals surface area contributed by atoms with Gasteiger partial charge in [0.25, 0.3) is 0 Å². The maximum absolute atomic E-state index is 12.8. The minimum absolute atomic E-state index is 0.0146. The lowest BCUT2D eigenvalue weighted by molar-refractivity contribution is -0.123. The van der Waals surface area contributed by atoms with Crippen LogP contribution in [0.5, 0.6) is 0 Å². The van der Waals surface area contributed by atoms with Crippen molar-refractivity contribution in [3.05, 3.63) is 60.4 Å². The predicted octanol–water partition coefficient (Wildman–Crippen LogP) is 1.80. The van der Waals surface area contributed by atoms with E-state index >= 15 is 0 Å². The van der Waals surface area contributed by atoms with Crippen molar-refractivity contribution < 1.29 is 13.2 Å². The van der Waals surface area contributed by atoms with Crippen molar-refractivity contribution in [3.8, 4) is 0 Å². The Balaban J connectivity index is 1.38. The summed E-state index contributed by atoms with van der Waals surface area (Å²) < 4.78 is 27.0. The molecule has 1 spiro atoms. The number of nitrogens with zero attached hydrogens (tertiary/aromatic N) is 2. The molecule has 0 radical (unpaired) electrons. The summed E-state index contributed by atoms with van der Waals surface area (Å²) >= 11 is 0. The first-order chi connectivity index (χ1) is 12.5. The number of benzene rings is 1. The van der Waals surface area contributed by atoms with Crippen LogP contribution in [0, 0.1) is 11.3 Å². The van der Waals surface area contributed by atoms with Crippen LogP contribution in [0.15, 0.2) is 59.8 Å². The molecule has 136 valence electrons. The maximum atomic E-state index is 12.8. The molecule has 0 bridgehead atoms. The van der Waals surface area contributed by atoms with E-state index in [0.29, 0.717) is 24.5 Å². The highest BCUT2D eigenvalue weighted by Crippen LogP contribution is 2.59. The average Bonchev–Trinajstić information content (AvgIpc) is 3.20. The zero-order valence-corrected chi connectivity index (χ0v) is 15.2. The molecule has 6 nitrogen and oxygen atoms in total. The van der Waals surface area contributed by atoms with Crippen LogP contribution in [0.25, 0.3) is 0 Å². The van der Waals surface area contributed by atoms with Gasteiger partial charge in [-0.1, -0.05) is 18.2 Å². The van der Waals surface area contributed by atoms with Crippen LogP contribution in [0.4, 0.5) is 0 Å². The monoisotopic (exact) mass is 371 g/mol. The number of rotatable bonds is 5. The maximum Gasteiger partial charge on any atom is 0.243 e. The van der Waals surface area contributed by atoms with Gasteiger partial charge in [-0.15, -0.1) is 0 Å². The zero-order valence-electron chi connectivity index (χ0n) is 14.3. The van der Waals surface area contributed by atoms with Gasteiger partial charge < -0.3 is 5.32 Å². The summed E-state index contributed by atoms with van der Waals surface area (Å²) in [5.41, 5.74) is 0.812. The number of pyridine rings is 1. The second kappa shape index (κ2) is 6.48. The minimum Gasteiger partial charge on any atom is -0.352 e. The Bertz CT molecular complexity index is 902. The van der Waals surface area contributed by atoms with Gasteiger partial charge in [0.1, 0.15) is 0 Å². The average molecular weight is 371 g/mol. The predicted molar refractivity (Wildman–Crippen MR) is 96.4 cm³/mol. The normalized spacial score (nSPS) is 25.3. The summed E-state index contributed by atoms with van der Waals surface area (Å²) in [6.07, 6.45) is 4.90. The lowest BCUT2D eigenvalue weighted by Gasteiger charge is -2.16. The van der Waals surface area contributed by atoms with Crippen molar-refractivity contribution in [2.45, 2.75) is 24.3 Å². The van der Waals surface area contributed by atoms with Crippen molar-refractivity contribution in [1.29, 1.82) is 0 Å². The molecule has 2 atom stereocenters. The van der Waals surface area contributed by atoms with Gasteiger partial charge >= 0.3 is 0 Å². The molecule has 2 aromatic rings. The quantitative estimate of drug-likeness (QED) is 0.869.